The van der Waals surface area contributed by atoms with Crippen molar-refractivity contribution in [3.63, 3.8) is 0 Å². The van der Waals surface area contributed by atoms with Gasteiger partial charge >= 0.3 is 0 Å². The number of Topliss-reactive ketones (excluding diaryl/α,β-unsaturated/α-hetero) is 1. The summed E-state index contributed by atoms with van der Waals surface area (Å²) < 4.78 is 13.1. The molecule has 0 aromatic heterocycles. The molecule has 1 aromatic rings. The molecule has 18 heavy (non-hydrogen) atoms. The van der Waals surface area contributed by atoms with Gasteiger partial charge in [0.1, 0.15) is 11.6 Å². The van der Waals surface area contributed by atoms with Crippen molar-refractivity contribution in [2.45, 2.75) is 44.9 Å². The van der Waals surface area contributed by atoms with Gasteiger partial charge in [0.15, 0.2) is 0 Å². The Morgan fingerprint density at radius 3 is 2.56 bits per heavy atom. The monoisotopic (exact) mass is 268 g/mol. The van der Waals surface area contributed by atoms with E-state index in [1.54, 1.807) is 0 Å². The summed E-state index contributed by atoms with van der Waals surface area (Å²) in [5.74, 6) is 0.0271. The number of benzene rings is 1. The fraction of sp³-hybridized carbons (Fsp3) is 0.533. The van der Waals surface area contributed by atoms with Gasteiger partial charge in [-0.1, -0.05) is 37.3 Å². The minimum absolute atomic E-state index is 0.145. The number of hydrogen-bond donors (Lipinski definition) is 0. The summed E-state index contributed by atoms with van der Waals surface area (Å²) in [5, 5.41) is 0.485. The zero-order valence-electron chi connectivity index (χ0n) is 10.4. The van der Waals surface area contributed by atoms with Crippen LogP contribution in [-0.2, 0) is 11.2 Å². The molecule has 2 rings (SSSR count). The van der Waals surface area contributed by atoms with E-state index >= 15 is 0 Å². The number of halogens is 2. The van der Waals surface area contributed by atoms with Crippen LogP contribution in [0.2, 0.25) is 5.02 Å². The molecule has 0 aliphatic heterocycles. The molecule has 0 spiro atoms. The summed E-state index contributed by atoms with van der Waals surface area (Å²) >= 11 is 5.99. The Kier molecular flexibility index (Phi) is 4.76. The summed E-state index contributed by atoms with van der Waals surface area (Å²) in [7, 11) is 0. The molecular weight excluding hydrogens is 251 g/mol. The summed E-state index contributed by atoms with van der Waals surface area (Å²) in [6.07, 6.45) is 6.94. The second-order valence-electron chi connectivity index (χ2n) is 5.07. The van der Waals surface area contributed by atoms with Crippen LogP contribution >= 0.6 is 11.6 Å². The van der Waals surface area contributed by atoms with Gasteiger partial charge in [-0.25, -0.2) is 4.39 Å². The summed E-state index contributed by atoms with van der Waals surface area (Å²) in [5.41, 5.74) is 0.617. The highest BCUT2D eigenvalue weighted by molar-refractivity contribution is 6.31. The van der Waals surface area contributed by atoms with Crippen LogP contribution in [0, 0.1) is 11.7 Å². The van der Waals surface area contributed by atoms with Crippen LogP contribution < -0.4 is 0 Å². The molecule has 0 heterocycles. The van der Waals surface area contributed by atoms with Gasteiger partial charge in [-0.2, -0.15) is 0 Å². The minimum atomic E-state index is -0.330. The van der Waals surface area contributed by atoms with E-state index < -0.39 is 0 Å². The molecule has 0 saturated heterocycles. The third kappa shape index (κ3) is 3.55. The van der Waals surface area contributed by atoms with Crippen LogP contribution in [-0.4, -0.2) is 5.78 Å². The van der Waals surface area contributed by atoms with E-state index in [4.69, 9.17) is 11.6 Å². The number of rotatable bonds is 3. The lowest BCUT2D eigenvalue weighted by Crippen LogP contribution is -2.16. The molecule has 3 heteroatoms. The number of hydrogen-bond acceptors (Lipinski definition) is 1. The quantitative estimate of drug-likeness (QED) is 0.735. The van der Waals surface area contributed by atoms with Gasteiger partial charge in [0.05, 0.1) is 0 Å². The highest BCUT2D eigenvalue weighted by atomic mass is 35.5. The average molecular weight is 269 g/mol. The number of ketones is 1. The molecule has 1 fully saturated rings. The Hall–Kier alpha value is -0.890. The van der Waals surface area contributed by atoms with Crippen LogP contribution in [0.3, 0.4) is 0 Å². The lowest BCUT2D eigenvalue weighted by atomic mass is 9.91. The fourth-order valence-corrected chi connectivity index (χ4v) is 2.80. The van der Waals surface area contributed by atoms with Crippen LogP contribution in [0.15, 0.2) is 18.2 Å². The molecule has 1 aromatic carbocycles. The fourth-order valence-electron chi connectivity index (χ4n) is 2.61. The van der Waals surface area contributed by atoms with Crippen molar-refractivity contribution in [3.8, 4) is 0 Å². The van der Waals surface area contributed by atoms with Gasteiger partial charge in [-0.05, 0) is 36.6 Å². The van der Waals surface area contributed by atoms with Crippen molar-refractivity contribution in [2.75, 3.05) is 0 Å². The summed E-state index contributed by atoms with van der Waals surface area (Å²) in [4.78, 5) is 12.2. The van der Waals surface area contributed by atoms with Crippen LogP contribution in [0.25, 0.3) is 0 Å². The Labute approximate surface area is 112 Å². The topological polar surface area (TPSA) is 17.1 Å². The number of carbonyl (C=O) groups is 1. The number of carbonyl (C=O) groups excluding carboxylic acids is 1. The maximum Gasteiger partial charge on any atom is 0.140 e. The summed E-state index contributed by atoms with van der Waals surface area (Å²) in [6, 6.07) is 4.21. The van der Waals surface area contributed by atoms with Gasteiger partial charge in [0, 0.05) is 17.4 Å². The van der Waals surface area contributed by atoms with Crippen molar-refractivity contribution in [1.82, 2.24) is 0 Å². The molecule has 0 N–H and O–H groups in total. The van der Waals surface area contributed by atoms with Gasteiger partial charge < -0.3 is 0 Å². The second kappa shape index (κ2) is 6.33. The maximum absolute atomic E-state index is 13.1. The van der Waals surface area contributed by atoms with Crippen molar-refractivity contribution in [3.05, 3.63) is 34.6 Å². The van der Waals surface area contributed by atoms with Crippen molar-refractivity contribution < 1.29 is 9.18 Å². The first kappa shape index (κ1) is 13.5. The van der Waals surface area contributed by atoms with Crippen LogP contribution in [0.4, 0.5) is 4.39 Å². The van der Waals surface area contributed by atoms with E-state index in [0.29, 0.717) is 10.6 Å². The van der Waals surface area contributed by atoms with E-state index in [9.17, 15) is 9.18 Å². The van der Waals surface area contributed by atoms with Crippen molar-refractivity contribution >= 4 is 17.4 Å². The van der Waals surface area contributed by atoms with Crippen molar-refractivity contribution in [1.29, 1.82) is 0 Å². The molecule has 98 valence electrons. The zero-order valence-corrected chi connectivity index (χ0v) is 11.2. The Morgan fingerprint density at radius 1 is 1.22 bits per heavy atom. The minimum Gasteiger partial charge on any atom is -0.299 e. The highest BCUT2D eigenvalue weighted by Crippen LogP contribution is 2.26. The standard InChI is InChI=1S/C15H18ClFO/c16-14-8-7-13(17)9-12(14)10-15(18)11-5-3-1-2-4-6-11/h7-9,11H,1-6,10H2. The molecule has 0 radical (unpaired) electrons. The zero-order chi connectivity index (χ0) is 13.0. The first-order valence-electron chi connectivity index (χ1n) is 6.63. The largest absolute Gasteiger partial charge is 0.299 e. The molecule has 0 bridgehead atoms. The third-order valence-electron chi connectivity index (χ3n) is 3.68. The van der Waals surface area contributed by atoms with Crippen LogP contribution in [0.1, 0.15) is 44.1 Å². The SMILES string of the molecule is O=C(Cc1cc(F)ccc1Cl)C1CCCCCC1. The Morgan fingerprint density at radius 2 is 1.89 bits per heavy atom. The molecule has 0 atom stereocenters. The molecule has 1 aliphatic rings. The molecule has 1 aliphatic carbocycles. The van der Waals surface area contributed by atoms with Gasteiger partial charge in [0.2, 0.25) is 0 Å². The lowest BCUT2D eigenvalue weighted by Gasteiger charge is -2.13. The highest BCUT2D eigenvalue weighted by Gasteiger charge is 2.20. The predicted molar refractivity (Wildman–Crippen MR) is 71.3 cm³/mol. The molecular formula is C15H18ClFO. The Bertz CT molecular complexity index is 423. The summed E-state index contributed by atoms with van der Waals surface area (Å²) in [6.45, 7) is 0. The van der Waals surface area contributed by atoms with E-state index in [1.165, 1.54) is 31.0 Å². The first-order valence-corrected chi connectivity index (χ1v) is 7.01. The van der Waals surface area contributed by atoms with Gasteiger partial charge in [-0.15, -0.1) is 0 Å². The first-order chi connectivity index (χ1) is 8.66. The molecule has 0 amide bonds. The van der Waals surface area contributed by atoms with E-state index in [0.717, 1.165) is 25.7 Å². The van der Waals surface area contributed by atoms with Crippen molar-refractivity contribution in [2.24, 2.45) is 5.92 Å². The average Bonchev–Trinajstić information content (AvgIpc) is 2.62. The smallest absolute Gasteiger partial charge is 0.140 e. The lowest BCUT2D eigenvalue weighted by molar-refractivity contribution is -0.122. The van der Waals surface area contributed by atoms with Gasteiger partial charge in [0.25, 0.3) is 0 Å². The molecule has 1 saturated carbocycles. The van der Waals surface area contributed by atoms with E-state index in [1.807, 2.05) is 0 Å². The van der Waals surface area contributed by atoms with Gasteiger partial charge in [-0.3, -0.25) is 4.79 Å². The second-order valence-corrected chi connectivity index (χ2v) is 5.47. The predicted octanol–water partition coefficient (Wildman–Crippen LogP) is 4.56. The third-order valence-corrected chi connectivity index (χ3v) is 4.05. The van der Waals surface area contributed by atoms with E-state index in [2.05, 4.69) is 0 Å². The van der Waals surface area contributed by atoms with E-state index in [-0.39, 0.29) is 23.9 Å². The molecule has 0 unspecified atom stereocenters. The van der Waals surface area contributed by atoms with Crippen LogP contribution in [0.5, 0.6) is 0 Å². The maximum atomic E-state index is 13.1. The molecule has 1 nitrogen and oxygen atoms in total. The Balaban J connectivity index is 2.03. The normalized spacial score (nSPS) is 17.4.